The van der Waals surface area contributed by atoms with Crippen LogP contribution in [0.1, 0.15) is 44.9 Å². The molecular formula is C20H21N3O6. The van der Waals surface area contributed by atoms with Crippen molar-refractivity contribution in [1.82, 2.24) is 0 Å². The molecule has 0 spiro atoms. The lowest BCUT2D eigenvalue weighted by molar-refractivity contribution is -0.119. The number of anilines is 1. The predicted octanol–water partition coefficient (Wildman–Crippen LogP) is 1.47. The van der Waals surface area contributed by atoms with Crippen molar-refractivity contribution in [1.29, 1.82) is 0 Å². The third-order valence-electron chi connectivity index (χ3n) is 3.58. The first-order valence-electron chi connectivity index (χ1n) is 8.64. The van der Waals surface area contributed by atoms with E-state index in [1.165, 1.54) is 30.3 Å². The maximum atomic E-state index is 12.1. The van der Waals surface area contributed by atoms with E-state index in [2.05, 4.69) is 5.32 Å². The zero-order valence-corrected chi connectivity index (χ0v) is 15.9. The summed E-state index contributed by atoms with van der Waals surface area (Å²) >= 11 is 0. The smallest absolute Gasteiger partial charge is 0.338 e. The van der Waals surface area contributed by atoms with Crippen molar-refractivity contribution in [2.75, 3.05) is 11.9 Å². The Morgan fingerprint density at radius 1 is 0.897 bits per heavy atom. The number of hydrogen-bond donors (Lipinski definition) is 3. The molecule has 2 rings (SSSR count). The fourth-order valence-electron chi connectivity index (χ4n) is 2.34. The van der Waals surface area contributed by atoms with E-state index in [0.717, 1.165) is 0 Å². The van der Waals surface area contributed by atoms with E-state index in [9.17, 15) is 19.2 Å². The Labute approximate surface area is 167 Å². The maximum Gasteiger partial charge on any atom is 0.338 e. The molecule has 0 saturated heterocycles. The number of ether oxygens (including phenoxy) is 2. The molecule has 152 valence electrons. The molecule has 0 aromatic heterocycles. The van der Waals surface area contributed by atoms with Crippen LogP contribution in [0.5, 0.6) is 5.75 Å². The van der Waals surface area contributed by atoms with Crippen LogP contribution in [0.2, 0.25) is 0 Å². The number of carbonyl (C=O) groups is 4. The van der Waals surface area contributed by atoms with Crippen molar-refractivity contribution in [2.24, 2.45) is 11.5 Å². The van der Waals surface area contributed by atoms with Crippen LogP contribution in [0, 0.1) is 0 Å². The van der Waals surface area contributed by atoms with Gasteiger partial charge in [0.15, 0.2) is 6.61 Å². The summed E-state index contributed by atoms with van der Waals surface area (Å²) in [6, 6.07) is 10.1. The van der Waals surface area contributed by atoms with Gasteiger partial charge in [-0.1, -0.05) is 0 Å². The predicted molar refractivity (Wildman–Crippen MR) is 105 cm³/mol. The molecule has 0 aliphatic carbocycles. The highest BCUT2D eigenvalue weighted by atomic mass is 16.5. The number of nitrogens with one attached hydrogen (secondary N) is 1. The van der Waals surface area contributed by atoms with Crippen molar-refractivity contribution in [3.8, 4) is 5.75 Å². The van der Waals surface area contributed by atoms with Gasteiger partial charge in [-0.3, -0.25) is 14.4 Å². The molecule has 0 aliphatic rings. The van der Waals surface area contributed by atoms with E-state index in [4.69, 9.17) is 20.9 Å². The first-order valence-corrected chi connectivity index (χ1v) is 8.64. The van der Waals surface area contributed by atoms with Gasteiger partial charge >= 0.3 is 5.97 Å². The standard InChI is InChI=1S/C20H21N3O6/c1-11(2)29-16-5-3-12(4-6-16)20(27)28-10-17(24)23-15-8-13(18(21)25)7-14(9-15)19(22)26/h3-9,11H,10H2,1-2H3,(H2,21,25)(H2,22,26)(H,23,24). The molecule has 2 aromatic rings. The molecule has 0 saturated carbocycles. The second kappa shape index (κ2) is 9.36. The second-order valence-electron chi connectivity index (χ2n) is 6.34. The van der Waals surface area contributed by atoms with Crippen molar-refractivity contribution in [2.45, 2.75) is 20.0 Å². The van der Waals surface area contributed by atoms with Crippen LogP contribution < -0.4 is 21.5 Å². The average Bonchev–Trinajstić information content (AvgIpc) is 2.65. The number of amides is 3. The van der Waals surface area contributed by atoms with Gasteiger partial charge in [0.05, 0.1) is 11.7 Å². The van der Waals surface area contributed by atoms with E-state index in [1.54, 1.807) is 12.1 Å². The minimum atomic E-state index is -0.792. The molecule has 9 heteroatoms. The molecule has 9 nitrogen and oxygen atoms in total. The zero-order chi connectivity index (χ0) is 21.6. The Kier molecular flexibility index (Phi) is 6.91. The largest absolute Gasteiger partial charge is 0.491 e. The minimum Gasteiger partial charge on any atom is -0.491 e. The Hall–Kier alpha value is -3.88. The van der Waals surface area contributed by atoms with Crippen LogP contribution in [-0.4, -0.2) is 36.4 Å². The van der Waals surface area contributed by atoms with Gasteiger partial charge in [-0.15, -0.1) is 0 Å². The fraction of sp³-hybridized carbons (Fsp3) is 0.200. The summed E-state index contributed by atoms with van der Waals surface area (Å²) in [5.41, 5.74) is 10.8. The molecule has 0 radical (unpaired) electrons. The van der Waals surface area contributed by atoms with Gasteiger partial charge in [0, 0.05) is 16.8 Å². The van der Waals surface area contributed by atoms with Crippen LogP contribution in [-0.2, 0) is 9.53 Å². The summed E-state index contributed by atoms with van der Waals surface area (Å²) < 4.78 is 10.4. The SMILES string of the molecule is CC(C)Oc1ccc(C(=O)OCC(=O)Nc2cc(C(N)=O)cc(C(N)=O)c2)cc1. The zero-order valence-electron chi connectivity index (χ0n) is 15.9. The molecule has 0 fully saturated rings. The first kappa shape index (κ1) is 21.4. The highest BCUT2D eigenvalue weighted by Crippen LogP contribution is 2.16. The quantitative estimate of drug-likeness (QED) is 0.572. The molecule has 2 aromatic carbocycles. The lowest BCUT2D eigenvalue weighted by Crippen LogP contribution is -2.22. The van der Waals surface area contributed by atoms with Crippen LogP contribution in [0.4, 0.5) is 5.69 Å². The molecule has 0 bridgehead atoms. The van der Waals surface area contributed by atoms with Gasteiger partial charge < -0.3 is 26.3 Å². The summed E-state index contributed by atoms with van der Waals surface area (Å²) in [5, 5.41) is 2.42. The third-order valence-corrected chi connectivity index (χ3v) is 3.58. The van der Waals surface area contributed by atoms with Crippen molar-refractivity contribution < 1.29 is 28.7 Å². The molecule has 0 unspecified atom stereocenters. The van der Waals surface area contributed by atoms with Crippen LogP contribution in [0.3, 0.4) is 0 Å². The number of benzene rings is 2. The molecule has 0 atom stereocenters. The molecular weight excluding hydrogens is 378 g/mol. The summed E-state index contributed by atoms with van der Waals surface area (Å²) in [5.74, 6) is -2.34. The van der Waals surface area contributed by atoms with Gasteiger partial charge in [0.2, 0.25) is 11.8 Å². The summed E-state index contributed by atoms with van der Waals surface area (Å²) in [6.07, 6.45) is -0.000329. The van der Waals surface area contributed by atoms with E-state index in [1.807, 2.05) is 13.8 Å². The Balaban J connectivity index is 1.98. The number of esters is 1. The minimum absolute atomic E-state index is 0.000329. The second-order valence-corrected chi connectivity index (χ2v) is 6.34. The Morgan fingerprint density at radius 3 is 1.93 bits per heavy atom. The monoisotopic (exact) mass is 399 g/mol. The van der Waals surface area contributed by atoms with E-state index in [-0.39, 0.29) is 28.5 Å². The normalized spacial score (nSPS) is 10.3. The number of hydrogen-bond acceptors (Lipinski definition) is 6. The Morgan fingerprint density at radius 2 is 1.45 bits per heavy atom. The van der Waals surface area contributed by atoms with E-state index < -0.39 is 30.3 Å². The van der Waals surface area contributed by atoms with Crippen molar-refractivity contribution >= 4 is 29.4 Å². The number of nitrogens with two attached hydrogens (primary N) is 2. The highest BCUT2D eigenvalue weighted by Gasteiger charge is 2.13. The van der Waals surface area contributed by atoms with Gasteiger partial charge in [-0.25, -0.2) is 4.79 Å². The van der Waals surface area contributed by atoms with Crippen molar-refractivity contribution in [3.05, 3.63) is 59.2 Å². The summed E-state index contributed by atoms with van der Waals surface area (Å²) in [6.45, 7) is 3.19. The van der Waals surface area contributed by atoms with Gasteiger partial charge in [0.1, 0.15) is 5.75 Å². The summed E-state index contributed by atoms with van der Waals surface area (Å²) in [7, 11) is 0. The van der Waals surface area contributed by atoms with Crippen LogP contribution in [0.25, 0.3) is 0 Å². The summed E-state index contributed by atoms with van der Waals surface area (Å²) in [4.78, 5) is 46.8. The molecule has 3 amide bonds. The molecule has 29 heavy (non-hydrogen) atoms. The topological polar surface area (TPSA) is 151 Å². The average molecular weight is 399 g/mol. The lowest BCUT2D eigenvalue weighted by atomic mass is 10.1. The number of rotatable bonds is 8. The molecule has 0 aliphatic heterocycles. The van der Waals surface area contributed by atoms with Gasteiger partial charge in [-0.2, -0.15) is 0 Å². The molecule has 0 heterocycles. The first-order chi connectivity index (χ1) is 13.7. The third kappa shape index (κ3) is 6.35. The van der Waals surface area contributed by atoms with Crippen LogP contribution >= 0.6 is 0 Å². The van der Waals surface area contributed by atoms with Crippen LogP contribution in [0.15, 0.2) is 42.5 Å². The number of primary amides is 2. The molecule has 5 N–H and O–H groups in total. The van der Waals surface area contributed by atoms with Gasteiger partial charge in [-0.05, 0) is 56.3 Å². The van der Waals surface area contributed by atoms with E-state index in [0.29, 0.717) is 5.75 Å². The lowest BCUT2D eigenvalue weighted by Gasteiger charge is -2.10. The fourth-order valence-corrected chi connectivity index (χ4v) is 2.34. The number of carbonyl (C=O) groups excluding carboxylic acids is 4. The highest BCUT2D eigenvalue weighted by molar-refractivity contribution is 6.02. The van der Waals surface area contributed by atoms with Crippen molar-refractivity contribution in [3.63, 3.8) is 0 Å². The maximum absolute atomic E-state index is 12.1. The van der Waals surface area contributed by atoms with Gasteiger partial charge in [0.25, 0.3) is 5.91 Å². The van der Waals surface area contributed by atoms with E-state index >= 15 is 0 Å². The Bertz CT molecular complexity index is 905.